The van der Waals surface area contributed by atoms with Crippen LogP contribution in [0.4, 0.5) is 0 Å². The van der Waals surface area contributed by atoms with E-state index in [1.807, 2.05) is 32.3 Å². The molecule has 0 N–H and O–H groups in total. The number of sulfonamides is 1. The first kappa shape index (κ1) is 18.3. The van der Waals surface area contributed by atoms with E-state index in [9.17, 15) is 8.42 Å². The van der Waals surface area contributed by atoms with Gasteiger partial charge in [0, 0.05) is 18.7 Å². The van der Waals surface area contributed by atoms with Gasteiger partial charge < -0.3 is 13.5 Å². The van der Waals surface area contributed by atoms with Crippen LogP contribution < -0.4 is 0 Å². The van der Waals surface area contributed by atoms with Gasteiger partial charge in [-0.3, -0.25) is 0 Å². The van der Waals surface area contributed by atoms with Gasteiger partial charge in [0.1, 0.15) is 12.2 Å². The van der Waals surface area contributed by atoms with Crippen molar-refractivity contribution < 1.29 is 17.4 Å². The van der Waals surface area contributed by atoms with E-state index in [0.29, 0.717) is 17.3 Å². The molecule has 3 aromatic heterocycles. The number of rotatable bonds is 6. The molecule has 3 rings (SSSR count). The predicted molar refractivity (Wildman–Crippen MR) is 92.7 cm³/mol. The first-order valence-electron chi connectivity index (χ1n) is 8.09. The minimum atomic E-state index is -3.83. The molecule has 0 unspecified atom stereocenters. The molecule has 0 saturated heterocycles. The lowest BCUT2D eigenvalue weighted by molar-refractivity contribution is 0.382. The summed E-state index contributed by atoms with van der Waals surface area (Å²) >= 11 is 0. The number of furan rings is 1. The molecule has 0 saturated carbocycles. The lowest BCUT2D eigenvalue weighted by Crippen LogP contribution is -2.28. The van der Waals surface area contributed by atoms with Crippen molar-refractivity contribution in [2.75, 3.05) is 7.05 Å². The Hall–Kier alpha value is -2.46. The van der Waals surface area contributed by atoms with Crippen LogP contribution in [0, 0.1) is 13.8 Å². The highest BCUT2D eigenvalue weighted by Crippen LogP contribution is 2.29. The fourth-order valence-electron chi connectivity index (χ4n) is 2.47. The topological polar surface area (TPSA) is 107 Å². The summed E-state index contributed by atoms with van der Waals surface area (Å²) in [6.45, 7) is 7.67. The Labute approximate surface area is 151 Å². The summed E-state index contributed by atoms with van der Waals surface area (Å²) in [6, 6.07) is 3.10. The number of nitrogens with zero attached hydrogens (tertiary/aromatic N) is 5. The lowest BCUT2D eigenvalue weighted by atomic mass is 10.2. The van der Waals surface area contributed by atoms with Crippen LogP contribution in [-0.2, 0) is 16.6 Å². The summed E-state index contributed by atoms with van der Waals surface area (Å²) in [5.74, 6) is 1.30. The molecular formula is C16H21N5O4S. The van der Waals surface area contributed by atoms with Crippen LogP contribution in [0.15, 0.2) is 32.5 Å². The molecule has 0 fully saturated rings. The van der Waals surface area contributed by atoms with E-state index in [2.05, 4.69) is 15.4 Å². The summed E-state index contributed by atoms with van der Waals surface area (Å²) in [7, 11) is -2.35. The minimum absolute atomic E-state index is 0.0803. The van der Waals surface area contributed by atoms with E-state index in [1.165, 1.54) is 17.4 Å². The van der Waals surface area contributed by atoms with Gasteiger partial charge in [-0.2, -0.15) is 4.31 Å². The van der Waals surface area contributed by atoms with Gasteiger partial charge in [-0.1, -0.05) is 5.16 Å². The normalized spacial score (nSPS) is 12.4. The van der Waals surface area contributed by atoms with Gasteiger partial charge in [0.2, 0.25) is 10.9 Å². The van der Waals surface area contributed by atoms with E-state index < -0.39 is 10.0 Å². The molecular weight excluding hydrogens is 358 g/mol. The van der Waals surface area contributed by atoms with Gasteiger partial charge in [-0.15, -0.1) is 10.2 Å². The average molecular weight is 379 g/mol. The van der Waals surface area contributed by atoms with Crippen molar-refractivity contribution in [3.8, 4) is 11.5 Å². The fraction of sp³-hybridized carbons (Fsp3) is 0.438. The zero-order valence-electron chi connectivity index (χ0n) is 15.3. The van der Waals surface area contributed by atoms with Crippen molar-refractivity contribution in [3.05, 3.63) is 35.5 Å². The zero-order chi connectivity index (χ0) is 19.1. The van der Waals surface area contributed by atoms with E-state index in [1.54, 1.807) is 12.4 Å². The van der Waals surface area contributed by atoms with Gasteiger partial charge in [0.05, 0.1) is 12.2 Å². The Balaban J connectivity index is 1.86. The number of aromatic nitrogens is 4. The number of hydrogen-bond donors (Lipinski definition) is 0. The van der Waals surface area contributed by atoms with Crippen LogP contribution >= 0.6 is 0 Å². The standard InChI is InChI=1S/C16H21N5O4S/c1-10(2)21-9-17-18-14(21)8-20(5)26(22,23)15-7-6-13(24-15)16-11(3)12(4)19-25-16/h6-7,9-10H,8H2,1-5H3. The SMILES string of the molecule is Cc1noc(-c2ccc(S(=O)(=O)N(C)Cc3nncn3C(C)C)o2)c1C. The Morgan fingerprint density at radius 3 is 2.62 bits per heavy atom. The molecule has 0 bridgehead atoms. The van der Waals surface area contributed by atoms with Crippen molar-refractivity contribution in [2.45, 2.75) is 45.4 Å². The third kappa shape index (κ3) is 3.17. The Bertz CT molecular complexity index is 1020. The van der Waals surface area contributed by atoms with Gasteiger partial charge in [-0.25, -0.2) is 8.42 Å². The summed E-state index contributed by atoms with van der Waals surface area (Å²) < 4.78 is 39.4. The maximum atomic E-state index is 12.8. The summed E-state index contributed by atoms with van der Waals surface area (Å²) in [5, 5.41) is 11.6. The molecule has 0 radical (unpaired) electrons. The van der Waals surface area contributed by atoms with Gasteiger partial charge >= 0.3 is 0 Å². The second-order valence-corrected chi connectivity index (χ2v) is 8.33. The largest absolute Gasteiger partial charge is 0.440 e. The smallest absolute Gasteiger partial charge is 0.276 e. The van der Waals surface area contributed by atoms with Crippen LogP contribution in [0.1, 0.15) is 37.0 Å². The van der Waals surface area contributed by atoms with Crippen LogP contribution in [0.25, 0.3) is 11.5 Å². The Morgan fingerprint density at radius 2 is 2.00 bits per heavy atom. The molecule has 0 aliphatic carbocycles. The molecule has 140 valence electrons. The zero-order valence-corrected chi connectivity index (χ0v) is 16.1. The summed E-state index contributed by atoms with van der Waals surface area (Å²) in [5.41, 5.74) is 1.53. The maximum absolute atomic E-state index is 12.8. The fourth-order valence-corrected chi connectivity index (χ4v) is 3.50. The summed E-state index contributed by atoms with van der Waals surface area (Å²) in [4.78, 5) is 0. The van der Waals surface area contributed by atoms with Crippen LogP contribution in [0.2, 0.25) is 0 Å². The van der Waals surface area contributed by atoms with Crippen LogP contribution in [-0.4, -0.2) is 39.7 Å². The van der Waals surface area contributed by atoms with Gasteiger partial charge in [0.15, 0.2) is 5.76 Å². The van der Waals surface area contributed by atoms with Gasteiger partial charge in [0.25, 0.3) is 10.0 Å². The summed E-state index contributed by atoms with van der Waals surface area (Å²) in [6.07, 6.45) is 1.58. The van der Waals surface area contributed by atoms with E-state index >= 15 is 0 Å². The van der Waals surface area contributed by atoms with Crippen molar-refractivity contribution in [1.82, 2.24) is 24.2 Å². The second kappa shape index (κ2) is 6.69. The first-order valence-corrected chi connectivity index (χ1v) is 9.53. The molecule has 10 heteroatoms. The minimum Gasteiger partial charge on any atom is -0.440 e. The monoisotopic (exact) mass is 379 g/mol. The molecule has 0 atom stereocenters. The lowest BCUT2D eigenvalue weighted by Gasteiger charge is -2.16. The second-order valence-electron chi connectivity index (χ2n) is 6.35. The van der Waals surface area contributed by atoms with Gasteiger partial charge in [-0.05, 0) is 39.8 Å². The van der Waals surface area contributed by atoms with Crippen molar-refractivity contribution >= 4 is 10.0 Å². The van der Waals surface area contributed by atoms with Crippen molar-refractivity contribution in [3.63, 3.8) is 0 Å². The highest BCUT2D eigenvalue weighted by Gasteiger charge is 2.27. The highest BCUT2D eigenvalue weighted by molar-refractivity contribution is 7.88. The quantitative estimate of drug-likeness (QED) is 0.647. The van der Waals surface area contributed by atoms with Crippen molar-refractivity contribution in [2.24, 2.45) is 0 Å². The van der Waals surface area contributed by atoms with E-state index in [-0.39, 0.29) is 17.7 Å². The molecule has 26 heavy (non-hydrogen) atoms. The molecule has 0 spiro atoms. The van der Waals surface area contributed by atoms with E-state index in [0.717, 1.165) is 11.3 Å². The Kier molecular flexibility index (Phi) is 4.72. The molecule has 0 aromatic carbocycles. The van der Waals surface area contributed by atoms with Crippen molar-refractivity contribution in [1.29, 1.82) is 0 Å². The average Bonchev–Trinajstić information content (AvgIpc) is 3.29. The number of hydrogen-bond acceptors (Lipinski definition) is 7. The third-order valence-electron chi connectivity index (χ3n) is 4.19. The molecule has 9 nitrogen and oxygen atoms in total. The van der Waals surface area contributed by atoms with Crippen LogP contribution in [0.5, 0.6) is 0 Å². The Morgan fingerprint density at radius 1 is 1.27 bits per heavy atom. The molecule has 0 aliphatic rings. The maximum Gasteiger partial charge on any atom is 0.276 e. The highest BCUT2D eigenvalue weighted by atomic mass is 32.2. The molecule has 3 heterocycles. The molecule has 3 aromatic rings. The predicted octanol–water partition coefficient (Wildman–Crippen LogP) is 2.54. The number of aryl methyl sites for hydroxylation is 1. The first-order chi connectivity index (χ1) is 12.2. The van der Waals surface area contributed by atoms with E-state index in [4.69, 9.17) is 8.94 Å². The third-order valence-corrected chi connectivity index (χ3v) is 5.87. The molecule has 0 amide bonds. The molecule has 0 aliphatic heterocycles. The van der Waals surface area contributed by atoms with Crippen LogP contribution in [0.3, 0.4) is 0 Å².